The molecule has 0 aliphatic heterocycles. The standard InChI is InChI=1S/C3H5BrN2O6/c4-1(2(7)5(9)10)3(8)6(11)12/h1-3,7-8H. The van der Waals surface area contributed by atoms with E-state index in [1.807, 2.05) is 0 Å². The highest BCUT2D eigenvalue weighted by molar-refractivity contribution is 9.09. The van der Waals surface area contributed by atoms with Gasteiger partial charge in [0.25, 0.3) is 0 Å². The summed E-state index contributed by atoms with van der Waals surface area (Å²) in [6.45, 7) is 0. The van der Waals surface area contributed by atoms with Crippen molar-refractivity contribution in [3.8, 4) is 0 Å². The van der Waals surface area contributed by atoms with E-state index in [0.717, 1.165) is 0 Å². The summed E-state index contributed by atoms with van der Waals surface area (Å²) in [5.41, 5.74) is 0. The Morgan fingerprint density at radius 3 is 1.50 bits per heavy atom. The van der Waals surface area contributed by atoms with Crippen molar-refractivity contribution < 1.29 is 20.1 Å². The van der Waals surface area contributed by atoms with Crippen molar-refractivity contribution in [3.63, 3.8) is 0 Å². The van der Waals surface area contributed by atoms with Gasteiger partial charge >= 0.3 is 12.5 Å². The van der Waals surface area contributed by atoms with Crippen LogP contribution in [0.3, 0.4) is 0 Å². The number of halogens is 1. The minimum Gasteiger partial charge on any atom is -0.332 e. The first kappa shape index (κ1) is 11.2. The maximum Gasteiger partial charge on any atom is 0.335 e. The topological polar surface area (TPSA) is 127 Å². The number of hydrogen-bond donors (Lipinski definition) is 2. The lowest BCUT2D eigenvalue weighted by Gasteiger charge is -2.09. The van der Waals surface area contributed by atoms with Crippen molar-refractivity contribution in [1.29, 1.82) is 0 Å². The molecule has 8 nitrogen and oxygen atoms in total. The molecule has 0 aromatic heterocycles. The predicted octanol–water partition coefficient (Wildman–Crippen LogP) is -1.06. The van der Waals surface area contributed by atoms with E-state index in [1.165, 1.54) is 0 Å². The van der Waals surface area contributed by atoms with Crippen LogP contribution in [0.15, 0.2) is 0 Å². The van der Waals surface area contributed by atoms with Crippen molar-refractivity contribution >= 4 is 15.9 Å². The molecule has 0 aliphatic rings. The van der Waals surface area contributed by atoms with Gasteiger partial charge in [-0.15, -0.1) is 0 Å². The van der Waals surface area contributed by atoms with Crippen molar-refractivity contribution in [2.45, 2.75) is 17.3 Å². The van der Waals surface area contributed by atoms with Crippen LogP contribution in [-0.4, -0.2) is 37.3 Å². The average molecular weight is 245 g/mol. The molecular weight excluding hydrogens is 240 g/mol. The van der Waals surface area contributed by atoms with Crippen LogP contribution in [0.2, 0.25) is 0 Å². The summed E-state index contributed by atoms with van der Waals surface area (Å²) in [5, 5.41) is 36.9. The normalized spacial score (nSPS) is 17.9. The second-order valence-corrected chi connectivity index (χ2v) is 2.90. The minimum absolute atomic E-state index is 1.15. The highest BCUT2D eigenvalue weighted by Crippen LogP contribution is 2.11. The molecule has 0 saturated heterocycles. The molecule has 0 radical (unpaired) electrons. The summed E-state index contributed by atoms with van der Waals surface area (Å²) < 4.78 is 0. The van der Waals surface area contributed by atoms with Gasteiger partial charge in [0.15, 0.2) is 0 Å². The Balaban J connectivity index is 4.28. The smallest absolute Gasteiger partial charge is 0.332 e. The summed E-state index contributed by atoms with van der Waals surface area (Å²) in [4.78, 5) is 15.8. The van der Waals surface area contributed by atoms with Gasteiger partial charge in [-0.25, -0.2) is 0 Å². The number of aliphatic hydroxyl groups excluding tert-OH is 2. The summed E-state index contributed by atoms with van der Waals surface area (Å²) in [6, 6.07) is 0. The van der Waals surface area contributed by atoms with Gasteiger partial charge in [-0.05, 0) is 0 Å². The Morgan fingerprint density at radius 1 is 1.08 bits per heavy atom. The molecular formula is C3H5BrN2O6. The van der Waals surface area contributed by atoms with Crippen LogP contribution in [0.1, 0.15) is 0 Å². The number of alkyl halides is 1. The van der Waals surface area contributed by atoms with Gasteiger partial charge < -0.3 is 10.2 Å². The van der Waals surface area contributed by atoms with Gasteiger partial charge in [-0.3, -0.25) is 20.2 Å². The van der Waals surface area contributed by atoms with Crippen LogP contribution in [-0.2, 0) is 0 Å². The maximum atomic E-state index is 9.86. The molecule has 0 saturated carbocycles. The average Bonchev–Trinajstić information content (AvgIpc) is 2.00. The molecule has 2 N–H and O–H groups in total. The Bertz CT molecular complexity index is 177. The third-order valence-corrected chi connectivity index (χ3v) is 1.95. The van der Waals surface area contributed by atoms with Crippen LogP contribution >= 0.6 is 15.9 Å². The zero-order valence-electron chi connectivity index (χ0n) is 5.53. The SMILES string of the molecule is O=[N+]([O-])C(O)C(Br)C(O)[N+](=O)[O-]. The summed E-state index contributed by atoms with van der Waals surface area (Å²) in [6.07, 6.45) is -4.41. The molecule has 0 rings (SSSR count). The first-order chi connectivity index (χ1) is 5.37. The lowest BCUT2D eigenvalue weighted by Crippen LogP contribution is -2.41. The Hall–Kier alpha value is -0.800. The first-order valence-electron chi connectivity index (χ1n) is 2.65. The fourth-order valence-electron chi connectivity index (χ4n) is 0.387. The zero-order chi connectivity index (χ0) is 9.89. The molecule has 0 amide bonds. The molecule has 2 atom stereocenters. The fraction of sp³-hybridized carbons (Fsp3) is 1.00. The maximum absolute atomic E-state index is 9.86. The Kier molecular flexibility index (Phi) is 4.00. The molecule has 70 valence electrons. The number of rotatable bonds is 4. The monoisotopic (exact) mass is 244 g/mol. The lowest BCUT2D eigenvalue weighted by atomic mass is 10.3. The Labute approximate surface area is 74.2 Å². The molecule has 12 heavy (non-hydrogen) atoms. The van der Waals surface area contributed by atoms with Crippen molar-refractivity contribution in [2.24, 2.45) is 0 Å². The first-order valence-corrected chi connectivity index (χ1v) is 3.56. The van der Waals surface area contributed by atoms with Crippen LogP contribution < -0.4 is 0 Å². The van der Waals surface area contributed by atoms with Crippen molar-refractivity contribution in [2.75, 3.05) is 0 Å². The molecule has 2 unspecified atom stereocenters. The van der Waals surface area contributed by atoms with E-state index in [-0.39, 0.29) is 0 Å². The number of aliphatic hydroxyl groups is 2. The number of nitrogens with zero attached hydrogens (tertiary/aromatic N) is 2. The van der Waals surface area contributed by atoms with Gasteiger partial charge in [-0.2, -0.15) is 0 Å². The van der Waals surface area contributed by atoms with E-state index in [1.54, 1.807) is 0 Å². The van der Waals surface area contributed by atoms with E-state index in [9.17, 15) is 20.2 Å². The number of nitro groups is 2. The fourth-order valence-corrected chi connectivity index (χ4v) is 0.773. The van der Waals surface area contributed by atoms with E-state index < -0.39 is 27.1 Å². The van der Waals surface area contributed by atoms with E-state index in [4.69, 9.17) is 10.2 Å². The van der Waals surface area contributed by atoms with Crippen LogP contribution in [0, 0.1) is 20.2 Å². The molecule has 0 aromatic carbocycles. The molecule has 0 aromatic rings. The zero-order valence-corrected chi connectivity index (χ0v) is 7.12. The van der Waals surface area contributed by atoms with Crippen LogP contribution in [0.4, 0.5) is 0 Å². The van der Waals surface area contributed by atoms with Gasteiger partial charge in [0.1, 0.15) is 0 Å². The minimum atomic E-state index is -2.20. The van der Waals surface area contributed by atoms with Gasteiger partial charge in [0.05, 0.1) is 9.85 Å². The largest absolute Gasteiger partial charge is 0.335 e. The van der Waals surface area contributed by atoms with E-state index in [0.29, 0.717) is 0 Å². The molecule has 0 bridgehead atoms. The lowest BCUT2D eigenvalue weighted by molar-refractivity contribution is -0.609. The molecule has 0 spiro atoms. The van der Waals surface area contributed by atoms with Gasteiger partial charge in [-0.1, -0.05) is 15.9 Å². The highest BCUT2D eigenvalue weighted by atomic mass is 79.9. The highest BCUT2D eigenvalue weighted by Gasteiger charge is 2.40. The second-order valence-electron chi connectivity index (χ2n) is 1.84. The van der Waals surface area contributed by atoms with Gasteiger partial charge in [0, 0.05) is 0 Å². The second kappa shape index (κ2) is 4.28. The third kappa shape index (κ3) is 2.68. The van der Waals surface area contributed by atoms with E-state index in [2.05, 4.69) is 15.9 Å². The predicted molar refractivity (Wildman–Crippen MR) is 38.7 cm³/mol. The van der Waals surface area contributed by atoms with Gasteiger partial charge in [0.2, 0.25) is 4.83 Å². The van der Waals surface area contributed by atoms with E-state index >= 15 is 0 Å². The quantitative estimate of drug-likeness (QED) is 0.281. The van der Waals surface area contributed by atoms with Crippen molar-refractivity contribution in [3.05, 3.63) is 20.2 Å². The van der Waals surface area contributed by atoms with Crippen LogP contribution in [0.5, 0.6) is 0 Å². The van der Waals surface area contributed by atoms with Crippen LogP contribution in [0.25, 0.3) is 0 Å². The summed E-state index contributed by atoms with van der Waals surface area (Å²) in [7, 11) is 0. The molecule has 0 fully saturated rings. The Morgan fingerprint density at radius 2 is 1.33 bits per heavy atom. The molecule has 0 aliphatic carbocycles. The summed E-state index contributed by atoms with van der Waals surface area (Å²) in [5.74, 6) is 0. The third-order valence-electron chi connectivity index (χ3n) is 1.00. The molecule has 0 heterocycles. The molecule has 9 heteroatoms. The number of hydrogen-bond acceptors (Lipinski definition) is 6. The summed E-state index contributed by atoms with van der Waals surface area (Å²) >= 11 is 2.43. The van der Waals surface area contributed by atoms with Crippen molar-refractivity contribution in [1.82, 2.24) is 0 Å².